The first-order valence-corrected chi connectivity index (χ1v) is 26.7. The van der Waals surface area contributed by atoms with Gasteiger partial charge in [0.15, 0.2) is 0 Å². The van der Waals surface area contributed by atoms with E-state index in [9.17, 15) is 10.5 Å². The molecular formula is C54H49Br2ClN14O2. The number of nitriles is 2. The highest BCUT2D eigenvalue weighted by Crippen LogP contribution is 2.38. The third-order valence-electron chi connectivity index (χ3n) is 14.2. The number of alkyl halides is 1. The topological polar surface area (TPSA) is 174 Å². The fraction of sp³-hybridized carbons (Fsp3) is 0.333. The number of pyridine rings is 6. The second-order valence-electron chi connectivity index (χ2n) is 19.5. The standard InChI is InChI=1S/C27H24BrN7O.C18H15BrN6.C9H10ClNO/c28-20-7-24(27-19(9-29)12-32-35(27)14-20)18-2-5-25(30-11-18)33-15-21-8-22(16-33)34(21)13-17-1-6-26(31-10-17)36-23-3-4-23;19-13-3-16(18-12(5-20)7-22-25(18)8-13)11-1-2-17(21-6-11)24-9-14-4-15(10-24)23-14;10-5-7-1-4-9(11-6-7)12-8-2-3-8/h1-2,5-7,10-12,14,21-23H,3-4,8,13,15-16H2;1-3,6-8,14-15,23H,4,9-10H2;1,4,6,8H,2-3,5H2. The Labute approximate surface area is 443 Å². The molecule has 14 heterocycles. The molecular weight excluding hydrogens is 1070 g/mol. The van der Waals surface area contributed by atoms with Gasteiger partial charge in [-0.25, -0.2) is 29.0 Å². The lowest BCUT2D eigenvalue weighted by atomic mass is 9.87. The molecule has 0 spiro atoms. The van der Waals surface area contributed by atoms with Crippen LogP contribution in [0.25, 0.3) is 33.3 Å². The van der Waals surface area contributed by atoms with E-state index < -0.39 is 0 Å². The fourth-order valence-corrected chi connectivity index (χ4v) is 11.1. The molecule has 73 heavy (non-hydrogen) atoms. The molecule has 6 aliphatic heterocycles. The maximum atomic E-state index is 9.52. The van der Waals surface area contributed by atoms with Crippen LogP contribution in [0.5, 0.6) is 11.8 Å². The number of halogens is 3. The zero-order valence-corrected chi connectivity index (χ0v) is 43.5. The Morgan fingerprint density at radius 1 is 0.603 bits per heavy atom. The Morgan fingerprint density at radius 2 is 1.10 bits per heavy atom. The molecule has 0 aromatic carbocycles. The number of piperidine rings is 2. The third kappa shape index (κ3) is 10.3. The van der Waals surface area contributed by atoms with E-state index in [0.717, 1.165) is 111 Å². The summed E-state index contributed by atoms with van der Waals surface area (Å²) in [6, 6.07) is 27.0. The number of hydrogen-bond acceptors (Lipinski definition) is 14. The highest BCUT2D eigenvalue weighted by atomic mass is 79.9. The Morgan fingerprint density at radius 3 is 1.52 bits per heavy atom. The van der Waals surface area contributed by atoms with Crippen LogP contribution in [0.3, 0.4) is 0 Å². The summed E-state index contributed by atoms with van der Waals surface area (Å²) in [6.07, 6.45) is 22.4. The van der Waals surface area contributed by atoms with Crippen LogP contribution in [-0.2, 0) is 12.4 Å². The Bertz CT molecular complexity index is 3340. The van der Waals surface area contributed by atoms with Crippen molar-refractivity contribution in [2.24, 2.45) is 0 Å². The number of piperazine rings is 2. The summed E-state index contributed by atoms with van der Waals surface area (Å²) in [4.78, 5) is 25.4. The van der Waals surface area contributed by atoms with Gasteiger partial charge in [-0.15, -0.1) is 11.6 Å². The van der Waals surface area contributed by atoms with Crippen molar-refractivity contribution < 1.29 is 9.47 Å². The van der Waals surface area contributed by atoms with E-state index in [1.165, 1.54) is 31.2 Å². The van der Waals surface area contributed by atoms with Crippen molar-refractivity contribution >= 4 is 66.1 Å². The maximum Gasteiger partial charge on any atom is 0.213 e. The Hall–Kier alpha value is -6.67. The number of nitrogens with one attached hydrogen (secondary N) is 1. The summed E-state index contributed by atoms with van der Waals surface area (Å²) in [5, 5.41) is 31.0. The molecule has 4 atom stereocenters. The first-order chi connectivity index (χ1) is 35.7. The second kappa shape index (κ2) is 20.3. The number of anilines is 2. The molecule has 4 unspecified atom stereocenters. The molecule has 16 nitrogen and oxygen atoms in total. The van der Waals surface area contributed by atoms with E-state index in [0.29, 0.717) is 59.3 Å². The van der Waals surface area contributed by atoms with Gasteiger partial charge in [0.05, 0.1) is 34.6 Å². The van der Waals surface area contributed by atoms with Crippen LogP contribution in [0.4, 0.5) is 11.6 Å². The lowest BCUT2D eigenvalue weighted by molar-refractivity contribution is -0.00877. The summed E-state index contributed by atoms with van der Waals surface area (Å²) in [7, 11) is 0. The minimum atomic E-state index is 0.378. The van der Waals surface area contributed by atoms with Gasteiger partial charge >= 0.3 is 0 Å². The molecule has 8 aromatic rings. The van der Waals surface area contributed by atoms with Gasteiger partial charge in [0.2, 0.25) is 11.8 Å². The molecule has 4 bridgehead atoms. The minimum absolute atomic E-state index is 0.378. The van der Waals surface area contributed by atoms with E-state index in [-0.39, 0.29) is 0 Å². The Kier molecular flexibility index (Phi) is 13.2. The summed E-state index contributed by atoms with van der Waals surface area (Å²) < 4.78 is 16.5. The van der Waals surface area contributed by atoms with E-state index in [1.54, 1.807) is 27.6 Å². The number of aromatic nitrogens is 8. The van der Waals surface area contributed by atoms with Gasteiger partial charge in [-0.3, -0.25) is 4.90 Å². The van der Waals surface area contributed by atoms with Crippen molar-refractivity contribution in [3.63, 3.8) is 0 Å². The monoisotopic (exact) mass is 1120 g/mol. The first-order valence-electron chi connectivity index (χ1n) is 24.6. The summed E-state index contributed by atoms with van der Waals surface area (Å²) in [5.74, 6) is 3.98. The molecule has 6 saturated heterocycles. The molecule has 1 N–H and O–H groups in total. The molecule has 368 valence electrons. The summed E-state index contributed by atoms with van der Waals surface area (Å²) in [5.41, 5.74) is 8.82. The fourth-order valence-electron chi connectivity index (χ4n) is 10.1. The highest BCUT2D eigenvalue weighted by molar-refractivity contribution is 9.10. The second-order valence-corrected chi connectivity index (χ2v) is 21.6. The van der Waals surface area contributed by atoms with Gasteiger partial charge in [-0.2, -0.15) is 20.7 Å². The zero-order chi connectivity index (χ0) is 49.6. The van der Waals surface area contributed by atoms with Gasteiger partial charge in [0.1, 0.15) is 36.0 Å². The van der Waals surface area contributed by atoms with Crippen LogP contribution in [0.1, 0.15) is 60.8 Å². The zero-order valence-electron chi connectivity index (χ0n) is 39.6. The van der Waals surface area contributed by atoms with Crippen molar-refractivity contribution in [2.45, 2.75) is 87.3 Å². The highest BCUT2D eigenvalue weighted by Gasteiger charge is 2.45. The van der Waals surface area contributed by atoms with E-state index in [2.05, 4.69) is 119 Å². The van der Waals surface area contributed by atoms with Crippen molar-refractivity contribution in [1.82, 2.24) is 49.4 Å². The van der Waals surface area contributed by atoms with Gasteiger partial charge in [-0.05, 0) is 118 Å². The van der Waals surface area contributed by atoms with Gasteiger partial charge < -0.3 is 24.6 Å². The van der Waals surface area contributed by atoms with Crippen molar-refractivity contribution in [2.75, 3.05) is 36.0 Å². The average molecular weight is 1120 g/mol. The largest absolute Gasteiger partial charge is 0.474 e. The third-order valence-corrected chi connectivity index (χ3v) is 15.3. The number of nitrogens with zero attached hydrogens (tertiary/aromatic N) is 13. The van der Waals surface area contributed by atoms with Crippen LogP contribution < -0.4 is 24.6 Å². The molecule has 2 saturated carbocycles. The quantitative estimate of drug-likeness (QED) is 0.121. The lowest BCUT2D eigenvalue weighted by Gasteiger charge is -2.56. The van der Waals surface area contributed by atoms with Gasteiger partial charge in [0.25, 0.3) is 0 Å². The SMILES string of the molecule is ClCc1ccc(OC2CC2)nc1.N#Cc1cnn2cc(Br)cc(-c3ccc(N4CC5CC(C4)N5)nc3)c12.N#Cc1cnn2cc(Br)cc(-c3ccc(N4CC5CC(C4)N5Cc4ccc(OC5CC5)nc4)nc3)c12. The predicted octanol–water partition coefficient (Wildman–Crippen LogP) is 9.37. The lowest BCUT2D eigenvalue weighted by Crippen LogP contribution is -2.68. The van der Waals surface area contributed by atoms with Crippen molar-refractivity contribution in [3.05, 3.63) is 141 Å². The van der Waals surface area contributed by atoms with Crippen LogP contribution in [0.15, 0.2) is 119 Å². The minimum Gasteiger partial charge on any atom is -0.474 e. The molecule has 19 heteroatoms. The van der Waals surface area contributed by atoms with Crippen LogP contribution in [0.2, 0.25) is 0 Å². The van der Waals surface area contributed by atoms with Gasteiger partial charge in [-0.1, -0.05) is 12.1 Å². The summed E-state index contributed by atoms with van der Waals surface area (Å²) >= 11 is 12.7. The Balaban J connectivity index is 0.000000126. The molecule has 0 amide bonds. The number of ether oxygens (including phenoxy) is 2. The molecule has 0 radical (unpaired) electrons. The molecule has 8 fully saturated rings. The predicted molar refractivity (Wildman–Crippen MR) is 284 cm³/mol. The van der Waals surface area contributed by atoms with Crippen molar-refractivity contribution in [1.29, 1.82) is 10.5 Å². The molecule has 8 aliphatic rings. The van der Waals surface area contributed by atoms with Crippen LogP contribution in [-0.4, -0.2) is 107 Å². The van der Waals surface area contributed by atoms with E-state index in [1.807, 2.05) is 61.3 Å². The number of fused-ring (bicyclic) bond motifs is 6. The van der Waals surface area contributed by atoms with Crippen LogP contribution in [0, 0.1) is 22.7 Å². The average Bonchev–Trinajstić information content (AvgIpc) is 4.35. The van der Waals surface area contributed by atoms with Gasteiger partial charge in [0, 0.05) is 143 Å². The smallest absolute Gasteiger partial charge is 0.213 e. The number of rotatable bonds is 11. The molecule has 8 aromatic heterocycles. The van der Waals surface area contributed by atoms with E-state index in [4.69, 9.17) is 26.1 Å². The first kappa shape index (κ1) is 47.3. The molecule has 16 rings (SSSR count). The number of hydrogen-bond donors (Lipinski definition) is 1. The van der Waals surface area contributed by atoms with E-state index >= 15 is 0 Å². The van der Waals surface area contributed by atoms with Crippen LogP contribution >= 0.6 is 43.5 Å². The van der Waals surface area contributed by atoms with Crippen molar-refractivity contribution in [3.8, 4) is 46.2 Å². The maximum absolute atomic E-state index is 9.52. The normalized spacial score (nSPS) is 20.6. The summed E-state index contributed by atoms with van der Waals surface area (Å²) in [6.45, 7) is 4.91. The molecule has 2 aliphatic carbocycles.